The SMILES string of the molecule is C[C@@H]1CN(C(=O)c2ccc(OCC(F)(F)F)cc2Cl)c2ccccc2CN1C(=O)N1CC[C@H](O)C1. The number of rotatable bonds is 3. The Morgan fingerprint density at radius 1 is 1.17 bits per heavy atom. The van der Waals surface area contributed by atoms with Gasteiger partial charge < -0.3 is 24.5 Å². The molecule has 4 rings (SSSR count). The molecule has 0 spiro atoms. The number of halogens is 4. The van der Waals surface area contributed by atoms with Crippen molar-refractivity contribution in [3.63, 3.8) is 0 Å². The first kappa shape index (κ1) is 25.1. The van der Waals surface area contributed by atoms with E-state index in [0.717, 1.165) is 5.56 Å². The lowest BCUT2D eigenvalue weighted by atomic mass is 10.1. The molecule has 1 saturated heterocycles. The molecule has 2 aliphatic heterocycles. The number of nitrogens with zero attached hydrogens (tertiary/aromatic N) is 3. The predicted octanol–water partition coefficient (Wildman–Crippen LogP) is 4.32. The summed E-state index contributed by atoms with van der Waals surface area (Å²) in [5.74, 6) is -0.541. The zero-order valence-corrected chi connectivity index (χ0v) is 19.7. The molecule has 35 heavy (non-hydrogen) atoms. The molecule has 0 saturated carbocycles. The van der Waals surface area contributed by atoms with Crippen molar-refractivity contribution >= 4 is 29.2 Å². The number of aliphatic hydroxyl groups excluding tert-OH is 1. The van der Waals surface area contributed by atoms with Crippen LogP contribution in [0.4, 0.5) is 23.7 Å². The van der Waals surface area contributed by atoms with Crippen LogP contribution < -0.4 is 9.64 Å². The van der Waals surface area contributed by atoms with Crippen molar-refractivity contribution in [3.05, 3.63) is 58.6 Å². The number of β-amino-alcohol motifs (C(OH)–C–C–N with tert-alkyl or cyclic N) is 1. The second-order valence-electron chi connectivity index (χ2n) is 8.74. The van der Waals surface area contributed by atoms with Gasteiger partial charge in [0.15, 0.2) is 6.61 Å². The van der Waals surface area contributed by atoms with Crippen molar-refractivity contribution in [2.45, 2.75) is 38.2 Å². The molecule has 2 aromatic rings. The summed E-state index contributed by atoms with van der Waals surface area (Å²) in [5.41, 5.74) is 1.49. The topological polar surface area (TPSA) is 73.3 Å². The third-order valence-electron chi connectivity index (χ3n) is 6.10. The minimum absolute atomic E-state index is 0.0388. The van der Waals surface area contributed by atoms with Crippen molar-refractivity contribution < 1.29 is 32.6 Å². The number of carbonyl (C=O) groups is 2. The molecule has 3 amide bonds. The van der Waals surface area contributed by atoms with Crippen LogP contribution in [0, 0.1) is 0 Å². The zero-order valence-electron chi connectivity index (χ0n) is 19.0. The van der Waals surface area contributed by atoms with E-state index < -0.39 is 24.8 Å². The van der Waals surface area contributed by atoms with Gasteiger partial charge in [0.1, 0.15) is 5.75 Å². The Balaban J connectivity index is 1.59. The van der Waals surface area contributed by atoms with E-state index in [0.29, 0.717) is 18.7 Å². The van der Waals surface area contributed by atoms with Crippen molar-refractivity contribution in [3.8, 4) is 5.75 Å². The molecular formula is C24H25ClF3N3O4. The molecule has 0 aromatic heterocycles. The second kappa shape index (κ2) is 9.94. The van der Waals surface area contributed by atoms with E-state index in [2.05, 4.69) is 0 Å². The number of urea groups is 1. The van der Waals surface area contributed by atoms with Gasteiger partial charge in [-0.2, -0.15) is 13.2 Å². The summed E-state index contributed by atoms with van der Waals surface area (Å²) >= 11 is 6.27. The van der Waals surface area contributed by atoms with Gasteiger partial charge >= 0.3 is 12.2 Å². The Morgan fingerprint density at radius 2 is 1.91 bits per heavy atom. The molecule has 11 heteroatoms. The lowest BCUT2D eigenvalue weighted by molar-refractivity contribution is -0.153. The van der Waals surface area contributed by atoms with Gasteiger partial charge in [-0.25, -0.2) is 4.79 Å². The van der Waals surface area contributed by atoms with Crippen molar-refractivity contribution in [2.24, 2.45) is 0 Å². The number of para-hydroxylation sites is 1. The summed E-state index contributed by atoms with van der Waals surface area (Å²) in [6.45, 7) is 1.57. The van der Waals surface area contributed by atoms with Crippen LogP contribution in [-0.2, 0) is 6.54 Å². The van der Waals surface area contributed by atoms with Crippen LogP contribution in [0.25, 0.3) is 0 Å². The zero-order chi connectivity index (χ0) is 25.3. The molecule has 0 unspecified atom stereocenters. The number of likely N-dealkylation sites (tertiary alicyclic amines) is 1. The lowest BCUT2D eigenvalue weighted by Crippen LogP contribution is -2.49. The quantitative estimate of drug-likeness (QED) is 0.666. The van der Waals surface area contributed by atoms with Crippen LogP contribution in [-0.4, -0.2) is 71.4 Å². The van der Waals surface area contributed by atoms with Crippen LogP contribution in [0.1, 0.15) is 29.3 Å². The molecule has 7 nitrogen and oxygen atoms in total. The Hall–Kier alpha value is -2.98. The fourth-order valence-electron chi connectivity index (χ4n) is 4.32. The smallest absolute Gasteiger partial charge is 0.422 e. The van der Waals surface area contributed by atoms with E-state index in [9.17, 15) is 27.9 Å². The number of fused-ring (bicyclic) bond motifs is 1. The minimum Gasteiger partial charge on any atom is -0.484 e. The Kier molecular flexibility index (Phi) is 7.14. The first-order valence-electron chi connectivity index (χ1n) is 11.2. The molecule has 2 atom stereocenters. The number of hydrogen-bond acceptors (Lipinski definition) is 4. The number of anilines is 1. The average molecular weight is 512 g/mol. The summed E-state index contributed by atoms with van der Waals surface area (Å²) in [5, 5.41) is 9.80. The molecule has 2 heterocycles. The maximum absolute atomic E-state index is 13.6. The highest BCUT2D eigenvalue weighted by Gasteiger charge is 2.36. The van der Waals surface area contributed by atoms with Crippen molar-refractivity contribution in [1.29, 1.82) is 0 Å². The van der Waals surface area contributed by atoms with E-state index in [4.69, 9.17) is 16.3 Å². The van der Waals surface area contributed by atoms with Gasteiger partial charge in [-0.1, -0.05) is 29.8 Å². The van der Waals surface area contributed by atoms with E-state index in [1.165, 1.54) is 23.1 Å². The third kappa shape index (κ3) is 5.65. The summed E-state index contributed by atoms with van der Waals surface area (Å²) in [7, 11) is 0. The van der Waals surface area contributed by atoms with Gasteiger partial charge in [0, 0.05) is 37.9 Å². The standard InChI is InChI=1S/C24H25ClF3N3O4/c1-15-11-31(22(33)19-7-6-18(10-20(19)25)35-14-24(26,27)28)21-5-3-2-4-16(21)12-30(15)23(34)29-9-8-17(32)13-29/h2-7,10,15,17,32H,8-9,11-14H2,1H3/t15-,17+/m1/s1. The maximum atomic E-state index is 13.6. The van der Waals surface area contributed by atoms with E-state index >= 15 is 0 Å². The molecule has 0 bridgehead atoms. The highest BCUT2D eigenvalue weighted by Crippen LogP contribution is 2.32. The number of alkyl halides is 3. The van der Waals surface area contributed by atoms with Gasteiger partial charge in [0.2, 0.25) is 0 Å². The largest absolute Gasteiger partial charge is 0.484 e. The molecule has 1 N–H and O–H groups in total. The van der Waals surface area contributed by atoms with Gasteiger partial charge in [0.05, 0.1) is 16.7 Å². The number of carbonyl (C=O) groups excluding carboxylic acids is 2. The van der Waals surface area contributed by atoms with Crippen LogP contribution in [0.2, 0.25) is 5.02 Å². The van der Waals surface area contributed by atoms with Crippen molar-refractivity contribution in [2.75, 3.05) is 31.1 Å². The first-order chi connectivity index (χ1) is 16.5. The fraction of sp³-hybridized carbons (Fsp3) is 0.417. The summed E-state index contributed by atoms with van der Waals surface area (Å²) in [6.07, 6.45) is -4.52. The number of benzene rings is 2. The Morgan fingerprint density at radius 3 is 2.57 bits per heavy atom. The molecule has 2 aromatic carbocycles. The first-order valence-corrected chi connectivity index (χ1v) is 11.5. The molecule has 188 valence electrons. The number of ether oxygens (including phenoxy) is 1. The molecule has 1 fully saturated rings. The number of amides is 3. The minimum atomic E-state index is -4.50. The summed E-state index contributed by atoms with van der Waals surface area (Å²) in [4.78, 5) is 31.6. The van der Waals surface area contributed by atoms with Gasteiger partial charge in [-0.05, 0) is 43.2 Å². The fourth-order valence-corrected chi connectivity index (χ4v) is 4.58. The van der Waals surface area contributed by atoms with Crippen LogP contribution in [0.3, 0.4) is 0 Å². The summed E-state index contributed by atoms with van der Waals surface area (Å²) in [6, 6.07) is 10.4. The second-order valence-corrected chi connectivity index (χ2v) is 9.15. The van der Waals surface area contributed by atoms with E-state index in [-0.39, 0.29) is 48.0 Å². The van der Waals surface area contributed by atoms with Gasteiger partial charge in [0.25, 0.3) is 5.91 Å². The predicted molar refractivity (Wildman–Crippen MR) is 124 cm³/mol. The van der Waals surface area contributed by atoms with Crippen LogP contribution in [0.15, 0.2) is 42.5 Å². The van der Waals surface area contributed by atoms with E-state index in [1.54, 1.807) is 21.9 Å². The average Bonchev–Trinajstić information content (AvgIpc) is 3.18. The van der Waals surface area contributed by atoms with Crippen LogP contribution in [0.5, 0.6) is 5.75 Å². The molecule has 0 aliphatic carbocycles. The van der Waals surface area contributed by atoms with Gasteiger partial charge in [-0.15, -0.1) is 0 Å². The molecular weight excluding hydrogens is 487 g/mol. The monoisotopic (exact) mass is 511 g/mol. The Bertz CT molecular complexity index is 1110. The maximum Gasteiger partial charge on any atom is 0.422 e. The number of aliphatic hydroxyl groups is 1. The molecule has 2 aliphatic rings. The highest BCUT2D eigenvalue weighted by molar-refractivity contribution is 6.34. The molecule has 0 radical (unpaired) electrons. The van der Waals surface area contributed by atoms with Crippen molar-refractivity contribution in [1.82, 2.24) is 9.80 Å². The van der Waals surface area contributed by atoms with Gasteiger partial charge in [-0.3, -0.25) is 4.79 Å². The third-order valence-corrected chi connectivity index (χ3v) is 6.41. The lowest BCUT2D eigenvalue weighted by Gasteiger charge is -2.32. The summed E-state index contributed by atoms with van der Waals surface area (Å²) < 4.78 is 42.1. The van der Waals surface area contributed by atoms with E-state index in [1.807, 2.05) is 19.1 Å². The Labute approximate surface area is 205 Å². The van der Waals surface area contributed by atoms with Crippen LogP contribution >= 0.6 is 11.6 Å². The number of hydrogen-bond donors (Lipinski definition) is 1. The highest BCUT2D eigenvalue weighted by atomic mass is 35.5. The normalized spacial score (nSPS) is 20.5.